The lowest BCUT2D eigenvalue weighted by atomic mass is 9.61. The van der Waals surface area contributed by atoms with Crippen molar-refractivity contribution in [3.05, 3.63) is 300 Å². The molecular weight excluding hydrogens is 1000 g/mol. The Morgan fingerprint density at radius 2 is 0.549 bits per heavy atom. The first-order valence-corrected chi connectivity index (χ1v) is 27.9. The molecule has 4 aromatic heterocycles. The van der Waals surface area contributed by atoms with Gasteiger partial charge >= 0.3 is 0 Å². The molecule has 0 fully saturated rings. The quantitative estimate of drug-likeness (QED) is 0.151. The Morgan fingerprint density at radius 1 is 0.207 bits per heavy atom. The molecule has 18 rings (SSSR count). The SMILES string of the molecule is c1ccc(-c2cc(-c3cccc(-c4ccc5c(c4)oc4ccccc45)c3)nc(-c3ccc4c(c3)C3c5ccccc5C4c4cc(-c5nc(-c6ccccc6)cc(-c6cccc(-c7ccc8c(c7)oc7ccccc78)c6)n5)ccc43)n2)cc1. The van der Waals surface area contributed by atoms with Crippen LogP contribution < -0.4 is 0 Å². The fraction of sp³-hybridized carbons (Fsp3) is 0.0263. The van der Waals surface area contributed by atoms with Crippen LogP contribution in [0.3, 0.4) is 0 Å². The number of nitrogens with zero attached hydrogens (tertiary/aromatic N) is 4. The summed E-state index contributed by atoms with van der Waals surface area (Å²) in [4.78, 5) is 21.5. The highest BCUT2D eigenvalue weighted by molar-refractivity contribution is 6.07. The molecule has 3 aliphatic carbocycles. The van der Waals surface area contributed by atoms with Gasteiger partial charge in [0.1, 0.15) is 22.3 Å². The highest BCUT2D eigenvalue weighted by atomic mass is 16.3. The Morgan fingerprint density at radius 3 is 1.01 bits per heavy atom. The molecule has 82 heavy (non-hydrogen) atoms. The molecule has 4 heterocycles. The number of furan rings is 2. The lowest BCUT2D eigenvalue weighted by Gasteiger charge is -2.42. The van der Waals surface area contributed by atoms with Gasteiger partial charge in [0.05, 0.1) is 22.8 Å². The Kier molecular flexibility index (Phi) is 10.3. The maximum atomic E-state index is 6.31. The van der Waals surface area contributed by atoms with Crippen molar-refractivity contribution < 1.29 is 8.83 Å². The van der Waals surface area contributed by atoms with Crippen LogP contribution in [0.5, 0.6) is 0 Å². The summed E-state index contributed by atoms with van der Waals surface area (Å²) in [6, 6.07) is 94.6. The van der Waals surface area contributed by atoms with Crippen molar-refractivity contribution in [1.29, 1.82) is 0 Å². The van der Waals surface area contributed by atoms with E-state index in [1.54, 1.807) is 0 Å². The van der Waals surface area contributed by atoms with Crippen molar-refractivity contribution >= 4 is 43.9 Å². The van der Waals surface area contributed by atoms with Crippen molar-refractivity contribution in [3.63, 3.8) is 0 Å². The normalized spacial score (nSPS) is 14.1. The van der Waals surface area contributed by atoms with Gasteiger partial charge in [-0.3, -0.25) is 0 Å². The Hall–Kier alpha value is -10.8. The van der Waals surface area contributed by atoms with E-state index < -0.39 is 0 Å². The smallest absolute Gasteiger partial charge is 0.160 e. The second-order valence-electron chi connectivity index (χ2n) is 21.6. The highest BCUT2D eigenvalue weighted by Crippen LogP contribution is 2.57. The van der Waals surface area contributed by atoms with Crippen LogP contribution in [0.1, 0.15) is 45.2 Å². The van der Waals surface area contributed by atoms with E-state index in [9.17, 15) is 0 Å². The van der Waals surface area contributed by atoms with Gasteiger partial charge in [-0.25, -0.2) is 19.9 Å². The minimum Gasteiger partial charge on any atom is -0.456 e. The fourth-order valence-electron chi connectivity index (χ4n) is 13.0. The van der Waals surface area contributed by atoms with Crippen LogP contribution in [0.15, 0.2) is 276 Å². The second-order valence-corrected chi connectivity index (χ2v) is 21.6. The van der Waals surface area contributed by atoms with Gasteiger partial charge in [-0.05, 0) is 128 Å². The molecular formula is C76H46N4O2. The molecule has 6 nitrogen and oxygen atoms in total. The van der Waals surface area contributed by atoms with E-state index in [0.717, 1.165) is 122 Å². The summed E-state index contributed by atoms with van der Waals surface area (Å²) in [5.74, 6) is 1.38. The Balaban J connectivity index is 0.750. The average molecular weight is 1050 g/mol. The zero-order valence-electron chi connectivity index (χ0n) is 44.2. The molecule has 3 aliphatic rings. The molecule has 6 heteroatoms. The summed E-state index contributed by atoms with van der Waals surface area (Å²) < 4.78 is 12.6. The van der Waals surface area contributed by atoms with E-state index in [1.165, 1.54) is 33.4 Å². The first kappa shape index (κ1) is 46.1. The van der Waals surface area contributed by atoms with E-state index in [1.807, 2.05) is 36.4 Å². The van der Waals surface area contributed by atoms with Gasteiger partial charge in [-0.15, -0.1) is 0 Å². The first-order chi connectivity index (χ1) is 40.6. The van der Waals surface area contributed by atoms with Crippen molar-refractivity contribution in [2.75, 3.05) is 0 Å². The van der Waals surface area contributed by atoms with E-state index in [4.69, 9.17) is 28.8 Å². The van der Waals surface area contributed by atoms with Gasteiger partial charge < -0.3 is 8.83 Å². The van der Waals surface area contributed by atoms with Crippen LogP contribution in [0, 0.1) is 0 Å². The molecule has 2 unspecified atom stereocenters. The second kappa shape index (κ2) is 18.4. The summed E-state index contributed by atoms with van der Waals surface area (Å²) in [5, 5.41) is 4.47. The first-order valence-electron chi connectivity index (χ1n) is 27.9. The third-order valence-corrected chi connectivity index (χ3v) is 16.9. The molecule has 0 radical (unpaired) electrons. The summed E-state index contributed by atoms with van der Waals surface area (Å²) in [6.45, 7) is 0. The Labute approximate surface area is 472 Å². The summed E-state index contributed by atoms with van der Waals surface area (Å²) in [6.07, 6.45) is 0. The van der Waals surface area contributed by atoms with Crippen molar-refractivity contribution in [3.8, 4) is 90.1 Å². The molecule has 382 valence electrons. The van der Waals surface area contributed by atoms with Crippen LogP contribution in [-0.2, 0) is 0 Å². The summed E-state index contributed by atoms with van der Waals surface area (Å²) >= 11 is 0. The number of benzene rings is 11. The highest BCUT2D eigenvalue weighted by Gasteiger charge is 2.41. The van der Waals surface area contributed by atoms with Gasteiger partial charge in [0.15, 0.2) is 11.6 Å². The fourth-order valence-corrected chi connectivity index (χ4v) is 13.0. The van der Waals surface area contributed by atoms with Crippen molar-refractivity contribution in [2.45, 2.75) is 11.8 Å². The van der Waals surface area contributed by atoms with Gasteiger partial charge in [-0.1, -0.05) is 194 Å². The number of para-hydroxylation sites is 2. The Bertz CT molecular complexity index is 4760. The lowest BCUT2D eigenvalue weighted by Crippen LogP contribution is -2.27. The van der Waals surface area contributed by atoms with Gasteiger partial charge in [0.2, 0.25) is 0 Å². The number of fused-ring (bicyclic) bond motifs is 6. The zero-order chi connectivity index (χ0) is 53.8. The van der Waals surface area contributed by atoms with Gasteiger partial charge in [0, 0.05) is 66.8 Å². The van der Waals surface area contributed by atoms with Gasteiger partial charge in [0.25, 0.3) is 0 Å². The zero-order valence-corrected chi connectivity index (χ0v) is 44.2. The van der Waals surface area contributed by atoms with Crippen LogP contribution in [-0.4, -0.2) is 19.9 Å². The monoisotopic (exact) mass is 1050 g/mol. The lowest BCUT2D eigenvalue weighted by molar-refractivity contribution is 0.668. The minimum absolute atomic E-state index is 0.00593. The number of hydrogen-bond acceptors (Lipinski definition) is 6. The van der Waals surface area contributed by atoms with Crippen molar-refractivity contribution in [2.24, 2.45) is 0 Å². The topological polar surface area (TPSA) is 77.8 Å². The van der Waals surface area contributed by atoms with Crippen LogP contribution in [0.4, 0.5) is 0 Å². The predicted molar refractivity (Wildman–Crippen MR) is 330 cm³/mol. The molecule has 15 aromatic rings. The van der Waals surface area contributed by atoms with Crippen LogP contribution >= 0.6 is 0 Å². The number of hydrogen-bond donors (Lipinski definition) is 0. The van der Waals surface area contributed by atoms with Gasteiger partial charge in [-0.2, -0.15) is 0 Å². The molecule has 2 atom stereocenters. The number of aromatic nitrogens is 4. The van der Waals surface area contributed by atoms with Crippen molar-refractivity contribution in [1.82, 2.24) is 19.9 Å². The number of rotatable bonds is 8. The molecule has 0 amide bonds. The average Bonchev–Trinajstić information content (AvgIpc) is 4.01. The molecule has 0 aliphatic heterocycles. The third-order valence-electron chi connectivity index (χ3n) is 16.9. The standard InChI is InChI=1S/C76H46N4O2/c1-3-15-45(16-4-1)65-43-67(51-21-13-19-47(37-51)49-29-33-57-55-23-9-11-27-69(55)81-71(57)41-49)79-75(77-65)53-31-35-61-63(39-53)73-59-25-7-8-26-60(59)74(61)64-40-54(32-36-62(64)73)76-78-66(46-17-5-2-6-18-46)44-68(80-76)52-22-14-20-48(38-52)50-30-34-58-56-24-10-12-28-70(56)82-72(58)42-50/h1-44,73-74H. The molecule has 0 N–H and O–H groups in total. The summed E-state index contributed by atoms with van der Waals surface area (Å²) in [5.41, 5.74) is 25.2. The van der Waals surface area contributed by atoms with Crippen LogP contribution in [0.25, 0.3) is 134 Å². The van der Waals surface area contributed by atoms with E-state index in [2.05, 4.69) is 231 Å². The minimum atomic E-state index is 0.00593. The van der Waals surface area contributed by atoms with E-state index >= 15 is 0 Å². The molecule has 0 saturated heterocycles. The third kappa shape index (κ3) is 7.56. The molecule has 2 bridgehead atoms. The van der Waals surface area contributed by atoms with Crippen LogP contribution in [0.2, 0.25) is 0 Å². The molecule has 0 saturated carbocycles. The molecule has 0 spiro atoms. The van der Waals surface area contributed by atoms with E-state index in [0.29, 0.717) is 11.6 Å². The molecule has 11 aromatic carbocycles. The maximum absolute atomic E-state index is 6.31. The predicted octanol–water partition coefficient (Wildman–Crippen LogP) is 19.4. The summed E-state index contributed by atoms with van der Waals surface area (Å²) in [7, 11) is 0. The maximum Gasteiger partial charge on any atom is 0.160 e. The largest absolute Gasteiger partial charge is 0.456 e. The van der Waals surface area contributed by atoms with E-state index in [-0.39, 0.29) is 11.8 Å².